The van der Waals surface area contributed by atoms with Crippen LogP contribution in [0.5, 0.6) is 0 Å². The van der Waals surface area contributed by atoms with Crippen LogP contribution in [-0.2, 0) is 6.42 Å². The number of aromatic nitrogens is 2. The summed E-state index contributed by atoms with van der Waals surface area (Å²) in [5.41, 5.74) is 0.895. The molecule has 1 aliphatic carbocycles. The lowest BCUT2D eigenvalue weighted by molar-refractivity contribution is 0.0995. The maximum absolute atomic E-state index is 12.2. The van der Waals surface area contributed by atoms with Crippen molar-refractivity contribution in [1.29, 1.82) is 0 Å². The first-order valence-corrected chi connectivity index (χ1v) is 8.18. The van der Waals surface area contributed by atoms with Crippen molar-refractivity contribution < 1.29 is 4.79 Å². The molecule has 2 heterocycles. The lowest BCUT2D eigenvalue weighted by Gasteiger charge is -2.21. The van der Waals surface area contributed by atoms with Crippen molar-refractivity contribution in [3.63, 3.8) is 0 Å². The lowest BCUT2D eigenvalue weighted by atomic mass is 9.96. The molecule has 1 aliphatic rings. The van der Waals surface area contributed by atoms with Gasteiger partial charge in [0.1, 0.15) is 0 Å². The van der Waals surface area contributed by atoms with Crippen LogP contribution in [0, 0.1) is 6.92 Å². The third kappa shape index (κ3) is 3.01. The summed E-state index contributed by atoms with van der Waals surface area (Å²) >= 11 is 1.57. The molecule has 1 saturated carbocycles. The molecule has 4 heteroatoms. The second kappa shape index (κ2) is 5.92. The third-order valence-electron chi connectivity index (χ3n) is 3.97. The molecule has 2 aromatic heterocycles. The van der Waals surface area contributed by atoms with Gasteiger partial charge in [-0.05, 0) is 38.0 Å². The van der Waals surface area contributed by atoms with Gasteiger partial charge in [-0.2, -0.15) is 5.10 Å². The molecule has 0 aliphatic heterocycles. The standard InChI is InChI=1S/C16H20N2OS/c1-12-7-8-16(20-12)15(19)11-13-9-10-18(17-13)14-5-3-2-4-6-14/h7-10,14H,2-6,11H2,1H3. The Bertz CT molecular complexity index is 593. The molecule has 0 bridgehead atoms. The Hall–Kier alpha value is -1.42. The number of rotatable bonds is 4. The van der Waals surface area contributed by atoms with Gasteiger partial charge in [0.25, 0.3) is 0 Å². The Balaban J connectivity index is 1.66. The summed E-state index contributed by atoms with van der Waals surface area (Å²) in [7, 11) is 0. The van der Waals surface area contributed by atoms with E-state index in [9.17, 15) is 4.79 Å². The molecule has 1 fully saturated rings. The Labute approximate surface area is 123 Å². The number of aryl methyl sites for hydroxylation is 1. The zero-order valence-electron chi connectivity index (χ0n) is 11.8. The van der Waals surface area contributed by atoms with Crippen LogP contribution in [0.15, 0.2) is 24.4 Å². The quantitative estimate of drug-likeness (QED) is 0.791. The summed E-state index contributed by atoms with van der Waals surface area (Å²) in [6, 6.07) is 6.45. The molecule has 2 aromatic rings. The van der Waals surface area contributed by atoms with E-state index in [0.29, 0.717) is 12.5 Å². The number of nitrogens with zero attached hydrogens (tertiary/aromatic N) is 2. The van der Waals surface area contributed by atoms with Crippen LogP contribution >= 0.6 is 11.3 Å². The third-order valence-corrected chi connectivity index (χ3v) is 5.01. The molecule has 3 nitrogen and oxygen atoms in total. The maximum atomic E-state index is 12.2. The predicted molar refractivity (Wildman–Crippen MR) is 81.4 cm³/mol. The van der Waals surface area contributed by atoms with Crippen LogP contribution in [0.1, 0.15) is 58.4 Å². The highest BCUT2D eigenvalue weighted by Gasteiger charge is 2.17. The first-order chi connectivity index (χ1) is 9.72. The van der Waals surface area contributed by atoms with E-state index in [4.69, 9.17) is 0 Å². The number of carbonyl (C=O) groups excluding carboxylic acids is 1. The van der Waals surface area contributed by atoms with Gasteiger partial charge in [0.15, 0.2) is 5.78 Å². The summed E-state index contributed by atoms with van der Waals surface area (Å²) in [6.45, 7) is 2.03. The van der Waals surface area contributed by atoms with E-state index >= 15 is 0 Å². The van der Waals surface area contributed by atoms with Crippen molar-refractivity contribution in [3.05, 3.63) is 39.8 Å². The average molecular weight is 288 g/mol. The van der Waals surface area contributed by atoms with E-state index in [1.807, 2.05) is 31.3 Å². The molecule has 0 aromatic carbocycles. The smallest absolute Gasteiger partial charge is 0.178 e. The number of ketones is 1. The van der Waals surface area contributed by atoms with E-state index in [-0.39, 0.29) is 5.78 Å². The number of thiophene rings is 1. The zero-order valence-corrected chi connectivity index (χ0v) is 12.7. The van der Waals surface area contributed by atoms with E-state index < -0.39 is 0 Å². The van der Waals surface area contributed by atoms with Gasteiger partial charge in [0, 0.05) is 11.1 Å². The van der Waals surface area contributed by atoms with Crippen molar-refractivity contribution in [2.75, 3.05) is 0 Å². The molecule has 106 valence electrons. The Morgan fingerprint density at radius 2 is 2.10 bits per heavy atom. The molecule has 20 heavy (non-hydrogen) atoms. The average Bonchev–Trinajstić information content (AvgIpc) is 3.09. The van der Waals surface area contributed by atoms with Gasteiger partial charge < -0.3 is 0 Å². The van der Waals surface area contributed by atoms with Crippen LogP contribution in [0.3, 0.4) is 0 Å². The van der Waals surface area contributed by atoms with Gasteiger partial charge in [-0.3, -0.25) is 9.48 Å². The molecular weight excluding hydrogens is 268 g/mol. The number of hydrogen-bond donors (Lipinski definition) is 0. The zero-order chi connectivity index (χ0) is 13.9. The summed E-state index contributed by atoms with van der Waals surface area (Å²) in [5.74, 6) is 0.178. The fourth-order valence-electron chi connectivity index (χ4n) is 2.86. The largest absolute Gasteiger partial charge is 0.293 e. The van der Waals surface area contributed by atoms with Gasteiger partial charge in [-0.25, -0.2) is 0 Å². The van der Waals surface area contributed by atoms with Crippen LogP contribution < -0.4 is 0 Å². The number of carbonyl (C=O) groups is 1. The molecule has 0 atom stereocenters. The van der Waals surface area contributed by atoms with Crippen molar-refractivity contribution in [1.82, 2.24) is 9.78 Å². The molecular formula is C16H20N2OS. The second-order valence-electron chi connectivity index (χ2n) is 5.59. The van der Waals surface area contributed by atoms with Crippen molar-refractivity contribution in [2.24, 2.45) is 0 Å². The SMILES string of the molecule is Cc1ccc(C(=O)Cc2ccn(C3CCCCC3)n2)s1. The Morgan fingerprint density at radius 3 is 2.80 bits per heavy atom. The summed E-state index contributed by atoms with van der Waals surface area (Å²) < 4.78 is 2.07. The molecule has 0 amide bonds. The van der Waals surface area contributed by atoms with Crippen molar-refractivity contribution in [3.8, 4) is 0 Å². The molecule has 0 unspecified atom stereocenters. The Kier molecular flexibility index (Phi) is 4.01. The van der Waals surface area contributed by atoms with Crippen LogP contribution in [0.25, 0.3) is 0 Å². The van der Waals surface area contributed by atoms with Gasteiger partial charge in [0.05, 0.1) is 23.0 Å². The fraction of sp³-hybridized carbons (Fsp3) is 0.500. The van der Waals surface area contributed by atoms with E-state index in [1.165, 1.54) is 37.0 Å². The summed E-state index contributed by atoms with van der Waals surface area (Å²) in [4.78, 5) is 14.2. The highest BCUT2D eigenvalue weighted by atomic mass is 32.1. The predicted octanol–water partition coefficient (Wildman–Crippen LogP) is 4.18. The fourth-order valence-corrected chi connectivity index (χ4v) is 3.66. The maximum Gasteiger partial charge on any atom is 0.178 e. The normalized spacial score (nSPS) is 16.4. The molecule has 0 N–H and O–H groups in total. The van der Waals surface area contributed by atoms with Crippen LogP contribution in [0.2, 0.25) is 0 Å². The van der Waals surface area contributed by atoms with Gasteiger partial charge in [0.2, 0.25) is 0 Å². The van der Waals surface area contributed by atoms with E-state index in [1.54, 1.807) is 11.3 Å². The molecule has 0 radical (unpaired) electrons. The molecule has 0 spiro atoms. The first kappa shape index (κ1) is 13.6. The van der Waals surface area contributed by atoms with E-state index in [0.717, 1.165) is 10.6 Å². The van der Waals surface area contributed by atoms with Crippen molar-refractivity contribution in [2.45, 2.75) is 51.5 Å². The molecule has 3 rings (SSSR count). The monoisotopic (exact) mass is 288 g/mol. The number of hydrogen-bond acceptors (Lipinski definition) is 3. The topological polar surface area (TPSA) is 34.9 Å². The van der Waals surface area contributed by atoms with Crippen molar-refractivity contribution >= 4 is 17.1 Å². The van der Waals surface area contributed by atoms with E-state index in [2.05, 4.69) is 9.78 Å². The minimum Gasteiger partial charge on any atom is -0.293 e. The number of Topliss-reactive ketones (excluding diaryl/α,β-unsaturated/α-hetero) is 1. The lowest BCUT2D eigenvalue weighted by Crippen LogP contribution is -2.14. The van der Waals surface area contributed by atoms with Crippen LogP contribution in [0.4, 0.5) is 0 Å². The Morgan fingerprint density at radius 1 is 1.30 bits per heavy atom. The second-order valence-corrected chi connectivity index (χ2v) is 6.88. The molecule has 0 saturated heterocycles. The minimum atomic E-state index is 0.178. The van der Waals surface area contributed by atoms with Gasteiger partial charge in [-0.15, -0.1) is 11.3 Å². The van der Waals surface area contributed by atoms with Crippen LogP contribution in [-0.4, -0.2) is 15.6 Å². The minimum absolute atomic E-state index is 0.178. The summed E-state index contributed by atoms with van der Waals surface area (Å²) in [5, 5.41) is 4.61. The highest BCUT2D eigenvalue weighted by molar-refractivity contribution is 7.14. The van der Waals surface area contributed by atoms with Gasteiger partial charge in [-0.1, -0.05) is 19.3 Å². The highest BCUT2D eigenvalue weighted by Crippen LogP contribution is 2.27. The van der Waals surface area contributed by atoms with Gasteiger partial charge >= 0.3 is 0 Å². The summed E-state index contributed by atoms with van der Waals surface area (Å²) in [6.07, 6.45) is 8.84. The first-order valence-electron chi connectivity index (χ1n) is 7.36.